The Morgan fingerprint density at radius 2 is 2.04 bits per heavy atom. The maximum Gasteiger partial charge on any atom is 0.256 e. The highest BCUT2D eigenvalue weighted by Crippen LogP contribution is 2.38. The van der Waals surface area contributed by atoms with Crippen molar-refractivity contribution in [3.8, 4) is 11.6 Å². The maximum atomic E-state index is 13.1. The van der Waals surface area contributed by atoms with E-state index in [0.717, 1.165) is 29.7 Å². The van der Waals surface area contributed by atoms with Gasteiger partial charge in [-0.05, 0) is 43.9 Å². The molecule has 0 unspecified atom stereocenters. The van der Waals surface area contributed by atoms with Crippen molar-refractivity contribution in [1.29, 1.82) is 0 Å². The van der Waals surface area contributed by atoms with Crippen LogP contribution in [0.3, 0.4) is 0 Å². The highest BCUT2D eigenvalue weighted by molar-refractivity contribution is 6.38. The fourth-order valence-corrected chi connectivity index (χ4v) is 3.96. The lowest BCUT2D eigenvalue weighted by molar-refractivity contribution is 0.0724. The van der Waals surface area contributed by atoms with E-state index in [-0.39, 0.29) is 22.2 Å². The number of amides is 1. The molecule has 3 rings (SSSR count). The third-order valence-corrected chi connectivity index (χ3v) is 5.67. The minimum absolute atomic E-state index is 0.0484. The number of benzene rings is 1. The predicted molar refractivity (Wildman–Crippen MR) is 111 cm³/mol. The molecule has 0 atom stereocenters. The summed E-state index contributed by atoms with van der Waals surface area (Å²) in [5.74, 6) is 0.144. The fourth-order valence-electron chi connectivity index (χ4n) is 3.42. The zero-order valence-electron chi connectivity index (χ0n) is 16.3. The molecule has 1 aliphatic heterocycles. The molecule has 0 spiro atoms. The second-order valence-corrected chi connectivity index (χ2v) is 7.87. The van der Waals surface area contributed by atoms with E-state index >= 15 is 0 Å². The summed E-state index contributed by atoms with van der Waals surface area (Å²) in [6, 6.07) is 3.37. The van der Waals surface area contributed by atoms with E-state index in [1.54, 1.807) is 4.90 Å². The number of halogens is 2. The van der Waals surface area contributed by atoms with Gasteiger partial charge >= 0.3 is 0 Å². The number of phenols is 1. The molecule has 0 saturated heterocycles. The Hall–Kier alpha value is -1.98. The molecule has 1 aromatic carbocycles. The molecule has 150 valence electrons. The number of aromatic nitrogens is 1. The highest BCUT2D eigenvalue weighted by Gasteiger charge is 2.31. The monoisotopic (exact) mass is 422 g/mol. The smallest absolute Gasteiger partial charge is 0.256 e. The van der Waals surface area contributed by atoms with Gasteiger partial charge in [-0.15, -0.1) is 0 Å². The van der Waals surface area contributed by atoms with Crippen LogP contribution >= 0.6 is 23.2 Å². The number of fused-ring (bicyclic) bond motifs is 1. The Kier molecular flexibility index (Phi) is 6.36. The summed E-state index contributed by atoms with van der Waals surface area (Å²) in [5, 5.41) is 10.4. The van der Waals surface area contributed by atoms with E-state index in [1.807, 2.05) is 19.9 Å². The van der Waals surface area contributed by atoms with Crippen LogP contribution in [0, 0.1) is 13.8 Å². The molecule has 0 bridgehead atoms. The van der Waals surface area contributed by atoms with Crippen molar-refractivity contribution in [1.82, 2.24) is 9.88 Å². The second-order valence-electron chi connectivity index (χ2n) is 7.09. The molecule has 2 heterocycles. The normalized spacial score (nSPS) is 13.6. The third-order valence-electron chi connectivity index (χ3n) is 4.95. The molecule has 1 amide bonds. The van der Waals surface area contributed by atoms with Crippen molar-refractivity contribution in [3.05, 3.63) is 50.1 Å². The molecule has 1 N–H and O–H groups in total. The number of unbranched alkanes of at least 4 members (excludes halogenated alkanes) is 1. The number of nitrogens with zero attached hydrogens (tertiary/aromatic N) is 2. The van der Waals surface area contributed by atoms with E-state index in [1.165, 1.54) is 6.07 Å². The molecule has 0 saturated carbocycles. The van der Waals surface area contributed by atoms with Gasteiger partial charge in [0.1, 0.15) is 5.75 Å². The van der Waals surface area contributed by atoms with E-state index < -0.39 is 0 Å². The molecular weight excluding hydrogens is 399 g/mol. The summed E-state index contributed by atoms with van der Waals surface area (Å²) >= 11 is 12.4. The van der Waals surface area contributed by atoms with Gasteiger partial charge in [0, 0.05) is 28.9 Å². The maximum absolute atomic E-state index is 13.1. The first kappa shape index (κ1) is 20.7. The first-order chi connectivity index (χ1) is 13.3. The Bertz CT molecular complexity index is 915. The third kappa shape index (κ3) is 4.06. The summed E-state index contributed by atoms with van der Waals surface area (Å²) < 4.78 is 5.91. The van der Waals surface area contributed by atoms with Crippen molar-refractivity contribution in [2.24, 2.45) is 0 Å². The molecule has 0 fully saturated rings. The van der Waals surface area contributed by atoms with Crippen LogP contribution in [0.5, 0.6) is 11.6 Å². The lowest BCUT2D eigenvalue weighted by Crippen LogP contribution is -2.37. The number of ether oxygens (including phenoxy) is 1. The molecule has 1 aromatic heterocycles. The summed E-state index contributed by atoms with van der Waals surface area (Å²) in [6.45, 7) is 7.49. The van der Waals surface area contributed by atoms with Crippen LogP contribution < -0.4 is 4.74 Å². The molecule has 2 aromatic rings. The van der Waals surface area contributed by atoms with Gasteiger partial charge in [0.05, 0.1) is 23.7 Å². The summed E-state index contributed by atoms with van der Waals surface area (Å²) in [5.41, 5.74) is 3.76. The lowest BCUT2D eigenvalue weighted by atomic mass is 9.97. The number of hydrogen-bond donors (Lipinski definition) is 1. The lowest BCUT2D eigenvalue weighted by Gasteiger charge is -2.31. The van der Waals surface area contributed by atoms with Crippen LogP contribution in [0.15, 0.2) is 12.1 Å². The van der Waals surface area contributed by atoms with E-state index in [9.17, 15) is 9.90 Å². The summed E-state index contributed by atoms with van der Waals surface area (Å²) in [6.07, 6.45) is 2.55. The van der Waals surface area contributed by atoms with Gasteiger partial charge in [0.15, 0.2) is 0 Å². The molecule has 5 nitrogen and oxygen atoms in total. The number of phenolic OH excluding ortho intramolecular Hbond substituents is 1. The van der Waals surface area contributed by atoms with Crippen LogP contribution in [0.2, 0.25) is 10.0 Å². The number of carbonyl (C=O) groups is 1. The second kappa shape index (κ2) is 8.58. The van der Waals surface area contributed by atoms with E-state index in [4.69, 9.17) is 27.9 Å². The quantitative estimate of drug-likeness (QED) is 0.658. The van der Waals surface area contributed by atoms with Gasteiger partial charge in [-0.3, -0.25) is 4.79 Å². The van der Waals surface area contributed by atoms with Crippen LogP contribution in [0.25, 0.3) is 0 Å². The van der Waals surface area contributed by atoms with Crippen molar-refractivity contribution >= 4 is 29.1 Å². The van der Waals surface area contributed by atoms with E-state index in [0.29, 0.717) is 42.6 Å². The highest BCUT2D eigenvalue weighted by atomic mass is 35.5. The van der Waals surface area contributed by atoms with Gasteiger partial charge in [0.2, 0.25) is 5.88 Å². The zero-order chi connectivity index (χ0) is 20.4. The molecular formula is C21H24Cl2N2O3. The van der Waals surface area contributed by atoms with Crippen molar-refractivity contribution in [3.63, 3.8) is 0 Å². The molecule has 1 aliphatic rings. The average Bonchev–Trinajstić information content (AvgIpc) is 2.63. The van der Waals surface area contributed by atoms with Crippen LogP contribution in [0.1, 0.15) is 52.5 Å². The number of aromatic hydroxyl groups is 1. The van der Waals surface area contributed by atoms with Crippen molar-refractivity contribution < 1.29 is 14.6 Å². The number of hydrogen-bond acceptors (Lipinski definition) is 4. The minimum atomic E-state index is -0.247. The van der Waals surface area contributed by atoms with Crippen LogP contribution in [-0.2, 0) is 13.0 Å². The van der Waals surface area contributed by atoms with Crippen molar-refractivity contribution in [2.75, 3.05) is 13.2 Å². The molecule has 28 heavy (non-hydrogen) atoms. The van der Waals surface area contributed by atoms with Gasteiger partial charge in [0.25, 0.3) is 5.91 Å². The average molecular weight is 423 g/mol. The number of rotatable bonds is 6. The SMILES string of the molecule is CCCCOc1nc(C)cc(C)c1CN1CCc2c(Cl)cc(O)c(Cl)c2C1=O. The first-order valence-corrected chi connectivity index (χ1v) is 10.2. The summed E-state index contributed by atoms with van der Waals surface area (Å²) in [7, 11) is 0. The first-order valence-electron chi connectivity index (χ1n) is 9.42. The van der Waals surface area contributed by atoms with Gasteiger partial charge in [-0.25, -0.2) is 4.98 Å². The fraction of sp³-hybridized carbons (Fsp3) is 0.429. The Morgan fingerprint density at radius 1 is 1.29 bits per heavy atom. The zero-order valence-corrected chi connectivity index (χ0v) is 17.8. The number of aryl methyl sites for hydroxylation is 2. The molecule has 7 heteroatoms. The Balaban J connectivity index is 1.92. The van der Waals surface area contributed by atoms with Crippen molar-refractivity contribution in [2.45, 2.75) is 46.6 Å². The molecule has 0 radical (unpaired) electrons. The summed E-state index contributed by atoms with van der Waals surface area (Å²) in [4.78, 5) is 19.4. The topological polar surface area (TPSA) is 62.7 Å². The van der Waals surface area contributed by atoms with E-state index in [2.05, 4.69) is 11.9 Å². The van der Waals surface area contributed by atoms with Gasteiger partial charge in [-0.1, -0.05) is 36.5 Å². The Labute approximate surface area is 175 Å². The number of carbonyl (C=O) groups excluding carboxylic acids is 1. The van der Waals surface area contributed by atoms with Crippen LogP contribution in [0.4, 0.5) is 0 Å². The Morgan fingerprint density at radius 3 is 2.75 bits per heavy atom. The van der Waals surface area contributed by atoms with Crippen LogP contribution in [-0.4, -0.2) is 34.0 Å². The number of pyridine rings is 1. The predicted octanol–water partition coefficient (Wildman–Crippen LogP) is 5.09. The van der Waals surface area contributed by atoms with Gasteiger partial charge < -0.3 is 14.7 Å². The largest absolute Gasteiger partial charge is 0.506 e. The van der Waals surface area contributed by atoms with Gasteiger partial charge in [-0.2, -0.15) is 0 Å². The standard InChI is InChI=1S/C21H24Cl2N2O3/c1-4-5-8-28-20-15(12(2)9-13(3)24-20)11-25-7-6-14-16(22)10-17(26)19(23)18(14)21(25)27/h9-10,26H,4-8,11H2,1-3H3. The minimum Gasteiger partial charge on any atom is -0.506 e. The molecule has 0 aliphatic carbocycles.